The molecule has 0 aliphatic heterocycles. The normalized spacial score (nSPS) is 6.24. The second-order valence-electron chi connectivity index (χ2n) is 7.52. The Hall–Kier alpha value is -0.660. The van der Waals surface area contributed by atoms with E-state index in [1.165, 1.54) is 0 Å². The van der Waals surface area contributed by atoms with E-state index in [4.69, 9.17) is 60.3 Å². The van der Waals surface area contributed by atoms with Crippen LogP contribution >= 0.6 is 0 Å². The molecule has 0 aromatic heterocycles. The van der Waals surface area contributed by atoms with E-state index in [0.29, 0.717) is 0 Å². The fourth-order valence-electron chi connectivity index (χ4n) is 0. The highest BCUT2D eigenvalue weighted by Gasteiger charge is 1.44. The maximum Gasteiger partial charge on any atom is 0.0647 e. The van der Waals surface area contributed by atoms with Gasteiger partial charge in [-0.25, -0.2) is 0 Å². The molecule has 0 fully saturated rings. The zero-order chi connectivity index (χ0) is 44.1. The Morgan fingerprint density at radius 2 is 0.224 bits per heavy atom. The van der Waals surface area contributed by atoms with E-state index in [1.54, 1.807) is 0 Å². The van der Waals surface area contributed by atoms with Gasteiger partial charge in [-0.05, 0) is 0 Å². The van der Waals surface area contributed by atoms with Gasteiger partial charge in [0.05, 0.1) is 162 Å². The molecule has 23 nitrogen and oxygen atoms in total. The topological polar surface area (TPSA) is 457 Å². The lowest BCUT2D eigenvalue weighted by Crippen LogP contribution is -2.74. The van der Waals surface area contributed by atoms with Gasteiger partial charge >= 0.3 is 0 Å². The summed E-state index contributed by atoms with van der Waals surface area (Å²) in [4.78, 5) is 0. The van der Waals surface area contributed by atoms with Gasteiger partial charge in [-0.15, -0.1) is 0 Å². The summed E-state index contributed by atoms with van der Waals surface area (Å²) in [5.74, 6) is 0. The molecule has 0 spiro atoms. The van der Waals surface area contributed by atoms with Gasteiger partial charge in [0.1, 0.15) is 0 Å². The third kappa shape index (κ3) is 223000. The molecular formula is C22H89B4N11O12. The van der Waals surface area contributed by atoms with Gasteiger partial charge in [0, 0.05) is 0 Å². The molecular weight excluding hydrogens is 654 g/mol. The summed E-state index contributed by atoms with van der Waals surface area (Å²) < 4.78 is 0. The standard InChI is InChI=1S/11C2H7N.BHO3.3BO3/c11*1-3-2;4*2-1(3)4/h11*3H,1-2H3;2H;;;/q;;;;;;;;;;;-2;3*-3/p+11. The van der Waals surface area contributed by atoms with E-state index in [9.17, 15) is 0 Å². The Balaban J connectivity index is -0.0000000195. The summed E-state index contributed by atoms with van der Waals surface area (Å²) in [6, 6.07) is 0. The van der Waals surface area contributed by atoms with Crippen LogP contribution in [0.3, 0.4) is 0 Å². The Morgan fingerprint density at radius 1 is 0.224 bits per heavy atom. The summed E-state index contributed by atoms with van der Waals surface area (Å²) >= 11 is 0. The highest BCUT2D eigenvalue weighted by atomic mass is 16.5. The lowest BCUT2D eigenvalue weighted by atomic mass is 10.3. The third-order valence-electron chi connectivity index (χ3n) is 0. The van der Waals surface area contributed by atoms with Gasteiger partial charge in [-0.3, -0.25) is 22.0 Å². The van der Waals surface area contributed by atoms with Crippen LogP contribution in [0.2, 0.25) is 0 Å². The molecule has 0 aromatic carbocycles. The largest absolute Gasteiger partial charge is 0.907 e. The second kappa shape index (κ2) is 204. The zero-order valence-corrected chi connectivity index (χ0v) is 35.6. The maximum atomic E-state index is 8.53. The smallest absolute Gasteiger partial charge is 0.0647 e. The zero-order valence-electron chi connectivity index (χ0n) is 35.6. The van der Waals surface area contributed by atoms with Crippen LogP contribution in [0.4, 0.5) is 0 Å². The Labute approximate surface area is 303 Å². The van der Waals surface area contributed by atoms with Crippen molar-refractivity contribution in [2.45, 2.75) is 0 Å². The molecule has 27 heteroatoms. The number of quaternary nitrogens is 11. The van der Waals surface area contributed by atoms with Crippen LogP contribution in [0, 0.1) is 0 Å². The summed E-state index contributed by atoms with van der Waals surface area (Å²) in [7, 11) is 32.6. The van der Waals surface area contributed by atoms with Gasteiger partial charge in [-0.1, -0.05) is 0 Å². The SMILES string of the molecule is C[NH2+]C.C[NH2+]C.C[NH2+]C.C[NH2+]C.C[NH2+]C.C[NH2+]C.C[NH2+]C.C[NH2+]C.C[NH2+]C.C[NH2+]C.C[NH2+]C.[O-]B([O-])O.[O-]B([O-])[O-].[O-]B([O-])[O-].[O-]B([O-])[O-]. The van der Waals surface area contributed by atoms with Crippen molar-refractivity contribution in [3.63, 3.8) is 0 Å². The van der Waals surface area contributed by atoms with E-state index >= 15 is 0 Å². The summed E-state index contributed by atoms with van der Waals surface area (Å²) in [5, 5.41) is 122. The Bertz CT molecular complexity index is 215. The molecule has 0 bridgehead atoms. The predicted molar refractivity (Wildman–Crippen MR) is 177 cm³/mol. The first-order valence-corrected chi connectivity index (χ1v) is 15.6. The summed E-state index contributed by atoms with van der Waals surface area (Å²) in [5.41, 5.74) is 0. The average molecular weight is 743 g/mol. The molecule has 0 atom stereocenters. The van der Waals surface area contributed by atoms with Crippen molar-refractivity contribution in [3.8, 4) is 0 Å². The molecule has 49 heavy (non-hydrogen) atoms. The first-order chi connectivity index (χ1) is 22.5. The predicted octanol–water partition coefficient (Wildman–Crippen LogP) is -28.3. The number of hydrogen-bond acceptors (Lipinski definition) is 12. The lowest BCUT2D eigenvalue weighted by molar-refractivity contribution is -0.597. The van der Waals surface area contributed by atoms with Crippen molar-refractivity contribution in [1.29, 1.82) is 0 Å². The minimum atomic E-state index is -2.92. The van der Waals surface area contributed by atoms with Crippen molar-refractivity contribution >= 4 is 29.3 Å². The maximum absolute atomic E-state index is 8.53. The fraction of sp³-hybridized carbons (Fsp3) is 1.00. The first kappa shape index (κ1) is 97.5. The Morgan fingerprint density at radius 3 is 0.224 bits per heavy atom. The summed E-state index contributed by atoms with van der Waals surface area (Å²) in [6.45, 7) is 0. The van der Waals surface area contributed by atoms with Crippen LogP contribution in [0.25, 0.3) is 0 Å². The van der Waals surface area contributed by atoms with E-state index in [0.717, 1.165) is 0 Å². The van der Waals surface area contributed by atoms with Gasteiger partial charge in [0.2, 0.25) is 0 Å². The lowest BCUT2D eigenvalue weighted by Gasteiger charge is -2.35. The van der Waals surface area contributed by atoms with Crippen molar-refractivity contribution in [3.05, 3.63) is 0 Å². The van der Waals surface area contributed by atoms with Gasteiger partial charge in [0.15, 0.2) is 0 Å². The minimum absolute atomic E-state index is 2.00. The molecule has 0 heterocycles. The molecule has 0 saturated carbocycles. The molecule has 0 saturated heterocycles. The van der Waals surface area contributed by atoms with Crippen molar-refractivity contribution in [2.24, 2.45) is 0 Å². The van der Waals surface area contributed by atoms with E-state index in [2.05, 4.69) is 0 Å². The quantitative estimate of drug-likeness (QED) is 0.103. The van der Waals surface area contributed by atoms with E-state index in [1.807, 2.05) is 214 Å². The molecule has 23 N–H and O–H groups in total. The van der Waals surface area contributed by atoms with Crippen molar-refractivity contribution in [2.75, 3.05) is 155 Å². The fourth-order valence-corrected chi connectivity index (χ4v) is 0. The molecule has 0 aromatic rings. The number of nitrogens with two attached hydrogens (primary N) is 11. The van der Waals surface area contributed by atoms with Crippen molar-refractivity contribution < 1.29 is 119 Å². The van der Waals surface area contributed by atoms with Crippen LogP contribution in [0.1, 0.15) is 0 Å². The molecule has 316 valence electrons. The highest BCUT2D eigenvalue weighted by Crippen LogP contribution is 1.16. The first-order valence-electron chi connectivity index (χ1n) is 15.6. The molecule has 0 rings (SSSR count). The third-order valence-corrected chi connectivity index (χ3v) is 0. The number of hydrogen-bond donors (Lipinski definition) is 12. The number of rotatable bonds is 0. The van der Waals surface area contributed by atoms with Gasteiger partial charge in [-0.2, -0.15) is 0 Å². The van der Waals surface area contributed by atoms with Crippen LogP contribution in [-0.2, 0) is 0 Å². The van der Waals surface area contributed by atoms with Crippen LogP contribution in [-0.4, -0.2) is 189 Å². The monoisotopic (exact) mass is 744 g/mol. The second-order valence-corrected chi connectivity index (χ2v) is 7.52. The average Bonchev–Trinajstić information content (AvgIpc) is 2.88. The van der Waals surface area contributed by atoms with Gasteiger partial charge in [0.25, 0.3) is 0 Å². The minimum Gasteiger partial charge on any atom is -0.907 e. The Kier molecular flexibility index (Phi) is 405. The van der Waals surface area contributed by atoms with Crippen molar-refractivity contribution in [1.82, 2.24) is 0 Å². The van der Waals surface area contributed by atoms with Crippen LogP contribution in [0.15, 0.2) is 0 Å². The van der Waals surface area contributed by atoms with Crippen LogP contribution < -0.4 is 114 Å². The molecule has 0 unspecified atom stereocenters. The molecule has 0 radical (unpaired) electrons. The molecule has 0 aliphatic carbocycles. The van der Waals surface area contributed by atoms with E-state index < -0.39 is 29.3 Å². The molecule has 0 aliphatic rings. The van der Waals surface area contributed by atoms with Crippen LogP contribution in [0.5, 0.6) is 0 Å². The van der Waals surface area contributed by atoms with E-state index in [-0.39, 0.29) is 0 Å². The summed E-state index contributed by atoms with van der Waals surface area (Å²) in [6.07, 6.45) is 0. The molecule has 0 amide bonds. The van der Waals surface area contributed by atoms with Gasteiger partial charge < -0.3 is 119 Å². The highest BCUT2D eigenvalue weighted by molar-refractivity contribution is 6.26.